The van der Waals surface area contributed by atoms with Crippen LogP contribution in [-0.4, -0.2) is 44.6 Å². The van der Waals surface area contributed by atoms with E-state index in [1.54, 1.807) is 25.1 Å². The largest absolute Gasteiger partial charge is 0.461 e. The predicted octanol–water partition coefficient (Wildman–Crippen LogP) is 7.42. The second-order valence-corrected chi connectivity index (χ2v) is 14.9. The van der Waals surface area contributed by atoms with Gasteiger partial charge < -0.3 is 9.64 Å². The molecule has 1 aliphatic carbocycles. The van der Waals surface area contributed by atoms with Gasteiger partial charge in [0.1, 0.15) is 0 Å². The Labute approximate surface area is 265 Å². The quantitative estimate of drug-likeness (QED) is 0.223. The fourth-order valence-corrected chi connectivity index (χ4v) is 7.40. The molecular formula is C32H35Cl2N5O3S. The third-order valence-corrected chi connectivity index (χ3v) is 10.7. The van der Waals surface area contributed by atoms with Gasteiger partial charge in [-0.2, -0.15) is 0 Å². The normalized spacial score (nSPS) is 18.3. The molecule has 8 nitrogen and oxygen atoms in total. The number of hydrogen-bond acceptors (Lipinski definition) is 6. The molecule has 2 atom stereocenters. The van der Waals surface area contributed by atoms with Crippen molar-refractivity contribution >= 4 is 51.7 Å². The third-order valence-electron chi connectivity index (χ3n) is 8.30. The lowest BCUT2D eigenvalue weighted by Crippen LogP contribution is -2.48. The molecule has 1 aromatic heterocycles. The number of nitrogens with zero attached hydrogens (tertiary/aromatic N) is 4. The smallest absolute Gasteiger partial charge is 0.360 e. The van der Waals surface area contributed by atoms with E-state index in [9.17, 15) is 9.00 Å². The van der Waals surface area contributed by atoms with Gasteiger partial charge in [-0.1, -0.05) is 59.1 Å². The van der Waals surface area contributed by atoms with Gasteiger partial charge in [-0.05, 0) is 70.9 Å². The van der Waals surface area contributed by atoms with Crippen molar-refractivity contribution in [2.24, 2.45) is 5.41 Å². The lowest BCUT2D eigenvalue weighted by Gasteiger charge is -2.44. The zero-order valence-corrected chi connectivity index (χ0v) is 27.3. The summed E-state index contributed by atoms with van der Waals surface area (Å²) in [6.45, 7) is 18.6. The van der Waals surface area contributed by atoms with E-state index < -0.39 is 21.7 Å². The maximum absolute atomic E-state index is 13.4. The van der Waals surface area contributed by atoms with Crippen LogP contribution in [0.2, 0.25) is 10.0 Å². The summed E-state index contributed by atoms with van der Waals surface area (Å²) >= 11 is 12.8. The summed E-state index contributed by atoms with van der Waals surface area (Å²) in [6, 6.07) is 10.9. The van der Waals surface area contributed by atoms with Crippen molar-refractivity contribution in [1.82, 2.24) is 14.7 Å². The molecule has 0 unspecified atom stereocenters. The van der Waals surface area contributed by atoms with Crippen LogP contribution >= 0.6 is 23.2 Å². The van der Waals surface area contributed by atoms with Gasteiger partial charge in [0, 0.05) is 24.7 Å². The SMILES string of the molecule is [C-]#[N+]c1cccc2c1[C@H](N[S@](=O)C(C)(C)C)C1(CCN(c3nc(C)c(-c4cccc(Cl)c4Cl)nc3C(=O)OCC)CC1)C2. The van der Waals surface area contributed by atoms with E-state index in [1.165, 1.54) is 0 Å². The number of carbonyl (C=O) groups is 1. The van der Waals surface area contributed by atoms with Crippen LogP contribution in [-0.2, 0) is 22.1 Å². The van der Waals surface area contributed by atoms with Crippen LogP contribution in [0.3, 0.4) is 0 Å². The fraction of sp³-hybridized carbons (Fsp3) is 0.438. The molecule has 1 fully saturated rings. The van der Waals surface area contributed by atoms with Crippen molar-refractivity contribution in [3.05, 3.63) is 80.4 Å². The molecule has 0 amide bonds. The summed E-state index contributed by atoms with van der Waals surface area (Å²) in [5.74, 6) is -0.0902. The third kappa shape index (κ3) is 5.91. The molecule has 226 valence electrons. The number of fused-ring (bicyclic) bond motifs is 1. The minimum atomic E-state index is -1.33. The van der Waals surface area contributed by atoms with Crippen molar-refractivity contribution in [3.63, 3.8) is 0 Å². The van der Waals surface area contributed by atoms with Crippen LogP contribution in [0.1, 0.15) is 73.9 Å². The van der Waals surface area contributed by atoms with Gasteiger partial charge in [0.2, 0.25) is 0 Å². The van der Waals surface area contributed by atoms with Crippen LogP contribution in [0.4, 0.5) is 11.5 Å². The van der Waals surface area contributed by atoms with Gasteiger partial charge in [0.05, 0.1) is 50.3 Å². The molecule has 2 aromatic carbocycles. The second-order valence-electron chi connectivity index (χ2n) is 12.1. The number of hydrogen-bond donors (Lipinski definition) is 1. The van der Waals surface area contributed by atoms with Crippen molar-refractivity contribution in [2.45, 2.75) is 64.7 Å². The Hall–Kier alpha value is -3.03. The molecule has 11 heteroatoms. The fourth-order valence-electron chi connectivity index (χ4n) is 6.08. The molecule has 0 radical (unpaired) electrons. The van der Waals surface area contributed by atoms with Gasteiger partial charge in [0.25, 0.3) is 0 Å². The number of ether oxygens (including phenoxy) is 1. The van der Waals surface area contributed by atoms with Gasteiger partial charge in [-0.15, -0.1) is 0 Å². The number of aryl methyl sites for hydroxylation is 1. The van der Waals surface area contributed by atoms with Crippen LogP contribution in [0.5, 0.6) is 0 Å². The average molecular weight is 641 g/mol. The first kappa shape index (κ1) is 31.4. The second kappa shape index (κ2) is 12.2. The first-order valence-corrected chi connectivity index (χ1v) is 16.2. The standard InChI is InChI=1S/C32H35Cl2N5O3S/c1-7-42-30(40)27-29(36-19(2)26(37-27)21-11-9-12-22(33)25(21)34)39-16-14-32(15-17-39)18-20-10-8-13-23(35-6)24(20)28(32)38-43(41)31(3,4)5/h8-13,28,38H,7,14-18H2,1-5H3/t28-,43+/m0/s1. The molecule has 1 N–H and O–H groups in total. The van der Waals surface area contributed by atoms with Crippen molar-refractivity contribution in [2.75, 3.05) is 24.6 Å². The summed E-state index contributed by atoms with van der Waals surface area (Å²) < 4.78 is 21.8. The minimum absolute atomic E-state index is 0.128. The maximum Gasteiger partial charge on any atom is 0.360 e. The Bertz CT molecular complexity index is 1640. The Morgan fingerprint density at radius 2 is 1.88 bits per heavy atom. The van der Waals surface area contributed by atoms with Gasteiger partial charge in [0.15, 0.2) is 17.2 Å². The van der Waals surface area contributed by atoms with Crippen LogP contribution in [0.25, 0.3) is 16.1 Å². The zero-order chi connectivity index (χ0) is 31.1. The van der Waals surface area contributed by atoms with E-state index in [4.69, 9.17) is 44.5 Å². The number of halogens is 2. The highest BCUT2D eigenvalue weighted by molar-refractivity contribution is 7.84. The highest BCUT2D eigenvalue weighted by Gasteiger charge is 2.50. The van der Waals surface area contributed by atoms with Crippen LogP contribution in [0, 0.1) is 18.9 Å². The predicted molar refractivity (Wildman–Crippen MR) is 172 cm³/mol. The average Bonchev–Trinajstić information content (AvgIpc) is 3.26. The van der Waals surface area contributed by atoms with Gasteiger partial charge in [-0.3, -0.25) is 0 Å². The molecule has 1 aliphatic heterocycles. The molecule has 1 saturated heterocycles. The van der Waals surface area contributed by atoms with E-state index in [1.807, 2.05) is 39.8 Å². The van der Waals surface area contributed by atoms with Crippen molar-refractivity contribution in [3.8, 4) is 11.3 Å². The van der Waals surface area contributed by atoms with Gasteiger partial charge >= 0.3 is 5.97 Å². The number of nitrogens with one attached hydrogen (secondary N) is 1. The topological polar surface area (TPSA) is 88.8 Å². The molecule has 1 spiro atoms. The molecule has 3 aromatic rings. The molecule has 2 aliphatic rings. The van der Waals surface area contributed by atoms with Gasteiger partial charge in [-0.25, -0.2) is 28.5 Å². The minimum Gasteiger partial charge on any atom is -0.461 e. The zero-order valence-electron chi connectivity index (χ0n) is 25.0. The highest BCUT2D eigenvalue weighted by atomic mass is 35.5. The first-order chi connectivity index (χ1) is 20.4. The van der Waals surface area contributed by atoms with E-state index in [2.05, 4.69) is 20.5 Å². The molecule has 43 heavy (non-hydrogen) atoms. The Morgan fingerprint density at radius 3 is 2.53 bits per heavy atom. The summed E-state index contributed by atoms with van der Waals surface area (Å²) in [5.41, 5.74) is 4.23. The number of aromatic nitrogens is 2. The number of benzene rings is 2. The summed E-state index contributed by atoms with van der Waals surface area (Å²) in [5, 5.41) is 0.729. The lowest BCUT2D eigenvalue weighted by molar-refractivity contribution is 0.0519. The molecule has 2 heterocycles. The van der Waals surface area contributed by atoms with Crippen molar-refractivity contribution in [1.29, 1.82) is 0 Å². The summed E-state index contributed by atoms with van der Waals surface area (Å²) in [7, 11) is -1.33. The van der Waals surface area contributed by atoms with E-state index in [0.29, 0.717) is 51.6 Å². The number of anilines is 1. The van der Waals surface area contributed by atoms with E-state index in [0.717, 1.165) is 30.4 Å². The van der Waals surface area contributed by atoms with Crippen LogP contribution < -0.4 is 9.62 Å². The molecular weight excluding hydrogens is 605 g/mol. The van der Waals surface area contributed by atoms with E-state index >= 15 is 0 Å². The number of piperidine rings is 1. The lowest BCUT2D eigenvalue weighted by atomic mass is 9.73. The Balaban J connectivity index is 1.51. The Morgan fingerprint density at radius 1 is 1.19 bits per heavy atom. The molecule has 5 rings (SSSR count). The van der Waals surface area contributed by atoms with Crippen molar-refractivity contribution < 1.29 is 13.7 Å². The number of rotatable bonds is 6. The number of esters is 1. The van der Waals surface area contributed by atoms with E-state index in [-0.39, 0.29) is 23.8 Å². The van der Waals surface area contributed by atoms with Crippen LogP contribution in [0.15, 0.2) is 36.4 Å². The summed E-state index contributed by atoms with van der Waals surface area (Å²) in [6.07, 6.45) is 2.26. The maximum atomic E-state index is 13.4. The highest BCUT2D eigenvalue weighted by Crippen LogP contribution is 2.55. The number of carbonyl (C=O) groups excluding carboxylic acids is 1. The monoisotopic (exact) mass is 639 g/mol. The molecule has 0 saturated carbocycles. The molecule has 0 bridgehead atoms. The Kier molecular flexibility index (Phi) is 8.88. The first-order valence-electron chi connectivity index (χ1n) is 14.3. The summed E-state index contributed by atoms with van der Waals surface area (Å²) in [4.78, 5) is 28.7.